The molecule has 0 unspecified atom stereocenters. The summed E-state index contributed by atoms with van der Waals surface area (Å²) in [5.74, 6) is -1.13. The highest BCUT2D eigenvalue weighted by molar-refractivity contribution is 7.84. The van der Waals surface area contributed by atoms with Gasteiger partial charge in [-0.15, -0.1) is 12.6 Å². The molecule has 46 valence electrons. The number of hydrogen-bond donors (Lipinski definition) is 3. The van der Waals surface area contributed by atoms with Gasteiger partial charge < -0.3 is 10.8 Å². The molecule has 0 aliphatic carbocycles. The molecule has 0 heterocycles. The van der Waals surface area contributed by atoms with Gasteiger partial charge in [0, 0.05) is 4.91 Å². The zero-order chi connectivity index (χ0) is 6.73. The van der Waals surface area contributed by atoms with Gasteiger partial charge in [-0.3, -0.25) is 0 Å². The van der Waals surface area contributed by atoms with Gasteiger partial charge in [-0.2, -0.15) is 0 Å². The Kier molecular flexibility index (Phi) is 2.41. The van der Waals surface area contributed by atoms with E-state index in [-0.39, 0.29) is 5.70 Å². The molecule has 0 bridgehead atoms. The smallest absolute Gasteiger partial charge is 0.352 e. The van der Waals surface area contributed by atoms with Crippen molar-refractivity contribution in [2.24, 2.45) is 5.73 Å². The van der Waals surface area contributed by atoms with E-state index in [4.69, 9.17) is 10.8 Å². The number of allylic oxidation sites excluding steroid dienone is 1. The summed E-state index contributed by atoms with van der Waals surface area (Å²) in [5, 5.41) is 8.12. The van der Waals surface area contributed by atoms with Crippen LogP contribution in [0.25, 0.3) is 0 Å². The molecule has 0 saturated carbocycles. The van der Waals surface area contributed by atoms with Crippen LogP contribution in [0.4, 0.5) is 0 Å². The molecule has 0 aromatic heterocycles. The summed E-state index contributed by atoms with van der Waals surface area (Å²) < 4.78 is 0. The Balaban J connectivity index is 4.23. The lowest BCUT2D eigenvalue weighted by atomic mass is 10.4. The average Bonchev–Trinajstić information content (AvgIpc) is 1.64. The van der Waals surface area contributed by atoms with Crippen LogP contribution in [0.2, 0.25) is 0 Å². The Bertz CT molecular complexity index is 137. The van der Waals surface area contributed by atoms with E-state index in [1.54, 1.807) is 0 Å². The first-order valence-electron chi connectivity index (χ1n) is 1.94. The molecule has 3 N–H and O–H groups in total. The van der Waals surface area contributed by atoms with Gasteiger partial charge in [-0.25, -0.2) is 4.79 Å². The summed E-state index contributed by atoms with van der Waals surface area (Å²) in [6.45, 7) is 1.52. The van der Waals surface area contributed by atoms with Gasteiger partial charge in [0.05, 0.1) is 0 Å². The molecule has 0 atom stereocenters. The summed E-state index contributed by atoms with van der Waals surface area (Å²) in [4.78, 5) is 10.2. The van der Waals surface area contributed by atoms with Crippen LogP contribution in [-0.4, -0.2) is 11.1 Å². The third kappa shape index (κ3) is 1.88. The minimum absolute atomic E-state index is 0.201. The Hall–Kier alpha value is -0.640. The van der Waals surface area contributed by atoms with Gasteiger partial charge in [0.2, 0.25) is 0 Å². The zero-order valence-corrected chi connectivity index (χ0v) is 5.27. The number of carboxylic acid groups (broad SMARTS) is 1. The van der Waals surface area contributed by atoms with Crippen molar-refractivity contribution in [2.75, 3.05) is 0 Å². The minimum atomic E-state index is -1.13. The van der Waals surface area contributed by atoms with Crippen molar-refractivity contribution in [3.63, 3.8) is 0 Å². The van der Waals surface area contributed by atoms with Gasteiger partial charge in [0.1, 0.15) is 5.70 Å². The Labute approximate surface area is 52.6 Å². The molecule has 0 saturated heterocycles. The third-order valence-electron chi connectivity index (χ3n) is 0.620. The van der Waals surface area contributed by atoms with E-state index in [0.717, 1.165) is 0 Å². The molecule has 0 aromatic carbocycles. The average molecular weight is 133 g/mol. The predicted octanol–water partition coefficient (Wildman–Crippen LogP) is 0.191. The van der Waals surface area contributed by atoms with Gasteiger partial charge in [-0.05, 0) is 6.92 Å². The Morgan fingerprint density at radius 2 is 2.12 bits per heavy atom. The normalized spacial score (nSPS) is 12.8. The van der Waals surface area contributed by atoms with E-state index >= 15 is 0 Å². The summed E-state index contributed by atoms with van der Waals surface area (Å²) in [7, 11) is 0. The maximum atomic E-state index is 9.91. The molecule has 0 aliphatic heterocycles. The Morgan fingerprint density at radius 3 is 2.12 bits per heavy atom. The first-order chi connectivity index (χ1) is 3.55. The van der Waals surface area contributed by atoms with Gasteiger partial charge in [-0.1, -0.05) is 0 Å². The molecule has 3 nitrogen and oxygen atoms in total. The van der Waals surface area contributed by atoms with Crippen molar-refractivity contribution >= 4 is 18.6 Å². The summed E-state index contributed by atoms with van der Waals surface area (Å²) >= 11 is 3.71. The lowest BCUT2D eigenvalue weighted by Crippen LogP contribution is -2.10. The van der Waals surface area contributed by atoms with E-state index in [9.17, 15) is 4.79 Å². The van der Waals surface area contributed by atoms with Crippen molar-refractivity contribution in [2.45, 2.75) is 6.92 Å². The van der Waals surface area contributed by atoms with Crippen LogP contribution >= 0.6 is 12.6 Å². The van der Waals surface area contributed by atoms with Crippen molar-refractivity contribution in [3.05, 3.63) is 10.6 Å². The molecule has 0 amide bonds. The van der Waals surface area contributed by atoms with Crippen molar-refractivity contribution in [3.8, 4) is 0 Å². The van der Waals surface area contributed by atoms with E-state index < -0.39 is 5.97 Å². The van der Waals surface area contributed by atoms with Crippen LogP contribution in [0.1, 0.15) is 6.92 Å². The van der Waals surface area contributed by atoms with Crippen LogP contribution < -0.4 is 5.73 Å². The zero-order valence-electron chi connectivity index (χ0n) is 4.38. The first kappa shape index (κ1) is 7.36. The number of carboxylic acids is 1. The fourth-order valence-corrected chi connectivity index (χ4v) is 0.250. The minimum Gasteiger partial charge on any atom is -0.477 e. The van der Waals surface area contributed by atoms with Crippen LogP contribution in [0, 0.1) is 0 Å². The number of rotatable bonds is 1. The highest BCUT2D eigenvalue weighted by Gasteiger charge is 2.01. The second kappa shape index (κ2) is 2.61. The number of aliphatic carboxylic acids is 1. The number of thiol groups is 1. The quantitative estimate of drug-likeness (QED) is 0.353. The molecule has 0 rings (SSSR count). The van der Waals surface area contributed by atoms with Crippen LogP contribution in [0.5, 0.6) is 0 Å². The molecule has 0 fully saturated rings. The van der Waals surface area contributed by atoms with Crippen LogP contribution in [-0.2, 0) is 4.79 Å². The van der Waals surface area contributed by atoms with Crippen molar-refractivity contribution < 1.29 is 9.90 Å². The number of hydrogen-bond acceptors (Lipinski definition) is 3. The van der Waals surface area contributed by atoms with Crippen molar-refractivity contribution in [1.82, 2.24) is 0 Å². The molecule has 4 heteroatoms. The van der Waals surface area contributed by atoms with Gasteiger partial charge in [0.15, 0.2) is 0 Å². The first-order valence-corrected chi connectivity index (χ1v) is 2.39. The molecule has 0 aromatic rings. The van der Waals surface area contributed by atoms with Crippen LogP contribution in [0.3, 0.4) is 0 Å². The fourth-order valence-electron chi connectivity index (χ4n) is 0.155. The largest absolute Gasteiger partial charge is 0.477 e. The maximum Gasteiger partial charge on any atom is 0.352 e. The molecule has 8 heavy (non-hydrogen) atoms. The fraction of sp³-hybridized carbons (Fsp3) is 0.250. The monoisotopic (exact) mass is 133 g/mol. The van der Waals surface area contributed by atoms with E-state index in [1.165, 1.54) is 6.92 Å². The molecular formula is C4H7NO2S. The topological polar surface area (TPSA) is 63.3 Å². The molecule has 0 aliphatic rings. The van der Waals surface area contributed by atoms with E-state index in [0.29, 0.717) is 4.91 Å². The second-order valence-corrected chi connectivity index (χ2v) is 1.98. The standard InChI is InChI=1S/C4H7NO2S/c1-2(8)3(5)4(6)7/h8H,5H2,1H3,(H,6,7)/b3-2-. The van der Waals surface area contributed by atoms with Gasteiger partial charge in [0.25, 0.3) is 0 Å². The number of nitrogens with two attached hydrogens (primary N) is 1. The summed E-state index contributed by atoms with van der Waals surface area (Å²) in [5.41, 5.74) is 4.76. The summed E-state index contributed by atoms with van der Waals surface area (Å²) in [6.07, 6.45) is 0. The molecule has 0 spiro atoms. The highest BCUT2D eigenvalue weighted by Crippen LogP contribution is 2.00. The Morgan fingerprint density at radius 1 is 1.75 bits per heavy atom. The lowest BCUT2D eigenvalue weighted by Gasteiger charge is -1.92. The molecule has 0 radical (unpaired) electrons. The SMILES string of the molecule is C/C(S)=C(/N)C(=O)O. The highest BCUT2D eigenvalue weighted by atomic mass is 32.1. The van der Waals surface area contributed by atoms with Gasteiger partial charge >= 0.3 is 5.97 Å². The lowest BCUT2D eigenvalue weighted by molar-refractivity contribution is -0.132. The predicted molar refractivity (Wildman–Crippen MR) is 33.5 cm³/mol. The number of carbonyl (C=O) groups is 1. The van der Waals surface area contributed by atoms with Crippen LogP contribution in [0.15, 0.2) is 10.6 Å². The second-order valence-electron chi connectivity index (χ2n) is 1.30. The summed E-state index contributed by atoms with van der Waals surface area (Å²) in [6, 6.07) is 0. The van der Waals surface area contributed by atoms with E-state index in [1.807, 2.05) is 0 Å². The molecular weight excluding hydrogens is 126 g/mol. The third-order valence-corrected chi connectivity index (χ3v) is 0.861. The van der Waals surface area contributed by atoms with E-state index in [2.05, 4.69) is 12.6 Å². The van der Waals surface area contributed by atoms with Crippen molar-refractivity contribution in [1.29, 1.82) is 0 Å². The maximum absolute atomic E-state index is 9.91.